The van der Waals surface area contributed by atoms with Gasteiger partial charge in [-0.25, -0.2) is 4.39 Å². The molecule has 0 aliphatic rings. The van der Waals surface area contributed by atoms with E-state index in [2.05, 4.69) is 0 Å². The molecule has 0 fully saturated rings. The molecular weight excluding hydrogens is 229 g/mol. The fourth-order valence-corrected chi connectivity index (χ4v) is 1.99. The van der Waals surface area contributed by atoms with E-state index in [0.29, 0.717) is 6.54 Å². The molecule has 0 amide bonds. The van der Waals surface area contributed by atoms with E-state index in [1.165, 1.54) is 12.1 Å². The van der Waals surface area contributed by atoms with Gasteiger partial charge in [0, 0.05) is 5.92 Å². The van der Waals surface area contributed by atoms with E-state index in [-0.39, 0.29) is 17.5 Å². The zero-order valence-corrected chi connectivity index (χ0v) is 10.0. The van der Waals surface area contributed by atoms with Crippen LogP contribution in [0.2, 0.25) is 0 Å². The maximum absolute atomic E-state index is 12.9. The van der Waals surface area contributed by atoms with Gasteiger partial charge in [-0.05, 0) is 48.4 Å². The Bertz CT molecular complexity index is 493. The summed E-state index contributed by atoms with van der Waals surface area (Å²) in [6, 6.07) is 13.5. The first kappa shape index (κ1) is 12.6. The van der Waals surface area contributed by atoms with Crippen molar-refractivity contribution in [3.63, 3.8) is 0 Å². The van der Waals surface area contributed by atoms with Crippen molar-refractivity contribution in [3.8, 4) is 5.75 Å². The molecule has 2 aromatic carbocycles. The summed E-state index contributed by atoms with van der Waals surface area (Å²) in [4.78, 5) is 0. The van der Waals surface area contributed by atoms with Crippen LogP contribution in [-0.2, 0) is 6.42 Å². The molecule has 0 saturated heterocycles. The van der Waals surface area contributed by atoms with E-state index in [0.717, 1.165) is 17.5 Å². The van der Waals surface area contributed by atoms with E-state index in [9.17, 15) is 9.50 Å². The van der Waals surface area contributed by atoms with Crippen molar-refractivity contribution in [2.24, 2.45) is 5.73 Å². The minimum absolute atomic E-state index is 0.162. The van der Waals surface area contributed by atoms with Crippen molar-refractivity contribution in [2.45, 2.75) is 12.3 Å². The molecule has 2 rings (SSSR count). The molecule has 0 aliphatic heterocycles. The molecule has 0 heterocycles. The molecule has 18 heavy (non-hydrogen) atoms. The average molecular weight is 245 g/mol. The Labute approximate surface area is 106 Å². The van der Waals surface area contributed by atoms with Gasteiger partial charge < -0.3 is 10.8 Å². The highest BCUT2D eigenvalue weighted by Gasteiger charge is 2.10. The van der Waals surface area contributed by atoms with Gasteiger partial charge in [0.1, 0.15) is 11.6 Å². The first-order chi connectivity index (χ1) is 8.69. The maximum atomic E-state index is 12.9. The molecule has 2 aromatic rings. The molecule has 0 bridgehead atoms. The SMILES string of the molecule is NCC(Cc1ccc(O)cc1)c1ccc(F)cc1. The van der Waals surface area contributed by atoms with E-state index >= 15 is 0 Å². The van der Waals surface area contributed by atoms with Crippen molar-refractivity contribution in [2.75, 3.05) is 6.54 Å². The van der Waals surface area contributed by atoms with Crippen molar-refractivity contribution in [1.29, 1.82) is 0 Å². The molecule has 2 nitrogen and oxygen atoms in total. The highest BCUT2D eigenvalue weighted by Crippen LogP contribution is 2.21. The van der Waals surface area contributed by atoms with Gasteiger partial charge in [0.15, 0.2) is 0 Å². The molecule has 1 unspecified atom stereocenters. The number of nitrogens with two attached hydrogens (primary N) is 1. The molecule has 3 N–H and O–H groups in total. The summed E-state index contributed by atoms with van der Waals surface area (Å²) < 4.78 is 12.9. The fourth-order valence-electron chi connectivity index (χ4n) is 1.99. The molecule has 0 spiro atoms. The van der Waals surface area contributed by atoms with Crippen molar-refractivity contribution in [3.05, 3.63) is 65.5 Å². The Balaban J connectivity index is 2.14. The van der Waals surface area contributed by atoms with Gasteiger partial charge in [0.05, 0.1) is 0 Å². The number of phenols is 1. The van der Waals surface area contributed by atoms with E-state index in [4.69, 9.17) is 5.73 Å². The van der Waals surface area contributed by atoms with Crippen LogP contribution in [0.5, 0.6) is 5.75 Å². The lowest BCUT2D eigenvalue weighted by Crippen LogP contribution is -2.15. The molecule has 0 aliphatic carbocycles. The van der Waals surface area contributed by atoms with Crippen LogP contribution < -0.4 is 5.73 Å². The van der Waals surface area contributed by atoms with Crippen LogP contribution in [0, 0.1) is 5.82 Å². The predicted octanol–water partition coefficient (Wildman–Crippen LogP) is 2.82. The Morgan fingerprint density at radius 1 is 1.00 bits per heavy atom. The van der Waals surface area contributed by atoms with Gasteiger partial charge in [0.2, 0.25) is 0 Å². The third kappa shape index (κ3) is 3.08. The molecular formula is C15H16FNO. The topological polar surface area (TPSA) is 46.2 Å². The Morgan fingerprint density at radius 3 is 2.17 bits per heavy atom. The molecule has 3 heteroatoms. The Morgan fingerprint density at radius 2 is 1.61 bits per heavy atom. The van der Waals surface area contributed by atoms with Gasteiger partial charge in [-0.3, -0.25) is 0 Å². The summed E-state index contributed by atoms with van der Waals surface area (Å²) in [6.07, 6.45) is 0.780. The lowest BCUT2D eigenvalue weighted by Gasteiger charge is -2.15. The van der Waals surface area contributed by atoms with Crippen LogP contribution in [0.25, 0.3) is 0 Å². The van der Waals surface area contributed by atoms with Crippen LogP contribution >= 0.6 is 0 Å². The average Bonchev–Trinajstić information content (AvgIpc) is 2.39. The summed E-state index contributed by atoms with van der Waals surface area (Å²) in [5.41, 5.74) is 7.92. The highest BCUT2D eigenvalue weighted by atomic mass is 19.1. The number of phenolic OH excluding ortho intramolecular Hbond substituents is 1. The smallest absolute Gasteiger partial charge is 0.123 e. The summed E-state index contributed by atoms with van der Waals surface area (Å²) in [6.45, 7) is 0.506. The quantitative estimate of drug-likeness (QED) is 0.870. The molecule has 94 valence electrons. The van der Waals surface area contributed by atoms with Gasteiger partial charge >= 0.3 is 0 Å². The largest absolute Gasteiger partial charge is 0.508 e. The molecule has 0 saturated carbocycles. The van der Waals surface area contributed by atoms with Gasteiger partial charge in [-0.2, -0.15) is 0 Å². The monoisotopic (exact) mass is 245 g/mol. The zero-order chi connectivity index (χ0) is 13.0. The Kier molecular flexibility index (Phi) is 3.95. The zero-order valence-electron chi connectivity index (χ0n) is 10.0. The first-order valence-corrected chi connectivity index (χ1v) is 5.92. The predicted molar refractivity (Wildman–Crippen MR) is 70.0 cm³/mol. The van der Waals surface area contributed by atoms with Crippen LogP contribution in [-0.4, -0.2) is 11.7 Å². The molecule has 0 aromatic heterocycles. The number of rotatable bonds is 4. The van der Waals surface area contributed by atoms with Crippen LogP contribution in [0.3, 0.4) is 0 Å². The van der Waals surface area contributed by atoms with Crippen LogP contribution in [0.1, 0.15) is 17.0 Å². The number of halogens is 1. The van der Waals surface area contributed by atoms with Crippen molar-refractivity contribution >= 4 is 0 Å². The number of hydrogen-bond acceptors (Lipinski definition) is 2. The van der Waals surface area contributed by atoms with Gasteiger partial charge in [0.25, 0.3) is 0 Å². The van der Waals surface area contributed by atoms with Crippen molar-refractivity contribution < 1.29 is 9.50 Å². The number of aromatic hydroxyl groups is 1. The second-order valence-electron chi connectivity index (χ2n) is 4.35. The normalized spacial score (nSPS) is 12.3. The molecule has 1 atom stereocenters. The maximum Gasteiger partial charge on any atom is 0.123 e. The minimum atomic E-state index is -0.237. The van der Waals surface area contributed by atoms with Crippen molar-refractivity contribution in [1.82, 2.24) is 0 Å². The third-order valence-corrected chi connectivity index (χ3v) is 3.04. The first-order valence-electron chi connectivity index (χ1n) is 5.92. The van der Waals surface area contributed by atoms with Gasteiger partial charge in [-0.15, -0.1) is 0 Å². The lowest BCUT2D eigenvalue weighted by molar-refractivity contribution is 0.475. The summed E-state index contributed by atoms with van der Waals surface area (Å²) in [5, 5.41) is 9.23. The minimum Gasteiger partial charge on any atom is -0.508 e. The third-order valence-electron chi connectivity index (χ3n) is 3.04. The van der Waals surface area contributed by atoms with E-state index < -0.39 is 0 Å². The fraction of sp³-hybridized carbons (Fsp3) is 0.200. The van der Waals surface area contributed by atoms with Gasteiger partial charge in [-0.1, -0.05) is 24.3 Å². The second kappa shape index (κ2) is 5.65. The highest BCUT2D eigenvalue weighted by molar-refractivity contribution is 5.29. The summed E-state index contributed by atoms with van der Waals surface area (Å²) in [5.74, 6) is 0.180. The molecule has 0 radical (unpaired) electrons. The lowest BCUT2D eigenvalue weighted by atomic mass is 9.92. The van der Waals surface area contributed by atoms with Crippen LogP contribution in [0.4, 0.5) is 4.39 Å². The number of hydrogen-bond donors (Lipinski definition) is 2. The van der Waals surface area contributed by atoms with E-state index in [1.807, 2.05) is 12.1 Å². The van der Waals surface area contributed by atoms with E-state index in [1.54, 1.807) is 24.3 Å². The Hall–Kier alpha value is -1.87. The summed E-state index contributed by atoms with van der Waals surface area (Å²) >= 11 is 0. The number of benzene rings is 2. The standard InChI is InChI=1S/C15H16FNO/c16-14-5-3-12(4-6-14)13(10-17)9-11-1-7-15(18)8-2-11/h1-8,13,18H,9-10,17H2. The van der Waals surface area contributed by atoms with Crippen LogP contribution in [0.15, 0.2) is 48.5 Å². The summed E-state index contributed by atoms with van der Waals surface area (Å²) in [7, 11) is 0. The second-order valence-corrected chi connectivity index (χ2v) is 4.35.